The van der Waals surface area contributed by atoms with E-state index in [-0.39, 0.29) is 0 Å². The number of methoxy groups -OCH3 is 2. The molecule has 4 heteroatoms. The van der Waals surface area contributed by atoms with Crippen LogP contribution in [0.3, 0.4) is 0 Å². The first-order valence-corrected chi connectivity index (χ1v) is 16.1. The maximum Gasteiger partial charge on any atom is 0.119 e. The second-order valence-electron chi connectivity index (χ2n) is 11.7. The van der Waals surface area contributed by atoms with Gasteiger partial charge in [-0.25, -0.2) is 0 Å². The lowest BCUT2D eigenvalue weighted by molar-refractivity contribution is 0.414. The second-order valence-corrected chi connectivity index (χ2v) is 11.7. The maximum atomic E-state index is 5.56. The first-order chi connectivity index (χ1) is 23.7. The van der Waals surface area contributed by atoms with Crippen LogP contribution in [0.25, 0.3) is 32.3 Å². The van der Waals surface area contributed by atoms with E-state index in [0.29, 0.717) is 0 Å². The first kappa shape index (κ1) is 29.2. The average molecular weight is 623 g/mol. The zero-order valence-corrected chi connectivity index (χ0v) is 26.9. The van der Waals surface area contributed by atoms with Crippen molar-refractivity contribution in [1.82, 2.24) is 0 Å². The molecule has 0 aliphatic heterocycles. The van der Waals surface area contributed by atoms with E-state index in [0.717, 1.165) is 67.2 Å². The van der Waals surface area contributed by atoms with Crippen LogP contribution in [0.1, 0.15) is 0 Å². The van der Waals surface area contributed by atoms with Crippen LogP contribution in [-0.4, -0.2) is 14.2 Å². The predicted molar refractivity (Wildman–Crippen MR) is 201 cm³/mol. The van der Waals surface area contributed by atoms with Crippen molar-refractivity contribution in [3.63, 3.8) is 0 Å². The molecule has 0 amide bonds. The quantitative estimate of drug-likeness (QED) is 0.157. The van der Waals surface area contributed by atoms with Crippen molar-refractivity contribution in [3.8, 4) is 11.5 Å². The summed E-state index contributed by atoms with van der Waals surface area (Å²) in [5.74, 6) is 1.64. The Kier molecular flexibility index (Phi) is 7.60. The Morgan fingerprint density at radius 1 is 0.333 bits per heavy atom. The lowest BCUT2D eigenvalue weighted by Gasteiger charge is -2.32. The Labute approximate surface area is 280 Å². The van der Waals surface area contributed by atoms with Crippen molar-refractivity contribution in [1.29, 1.82) is 0 Å². The number of fused-ring (bicyclic) bond motifs is 3. The molecular weight excluding hydrogens is 588 g/mol. The molecule has 8 aromatic rings. The molecule has 0 aliphatic rings. The van der Waals surface area contributed by atoms with Crippen molar-refractivity contribution in [2.45, 2.75) is 0 Å². The predicted octanol–water partition coefficient (Wildman–Crippen LogP) is 12.1. The van der Waals surface area contributed by atoms with E-state index in [1.807, 2.05) is 24.3 Å². The van der Waals surface area contributed by atoms with Crippen LogP contribution in [0.5, 0.6) is 11.5 Å². The summed E-state index contributed by atoms with van der Waals surface area (Å²) < 4.78 is 11.1. The van der Waals surface area contributed by atoms with Crippen LogP contribution < -0.4 is 19.3 Å². The van der Waals surface area contributed by atoms with Gasteiger partial charge in [-0.1, -0.05) is 84.9 Å². The zero-order valence-electron chi connectivity index (χ0n) is 26.9. The molecule has 232 valence electrons. The van der Waals surface area contributed by atoms with Gasteiger partial charge in [-0.05, 0) is 95.7 Å². The van der Waals surface area contributed by atoms with Crippen LogP contribution >= 0.6 is 0 Å². The van der Waals surface area contributed by atoms with Crippen LogP contribution in [0.2, 0.25) is 0 Å². The molecule has 8 aromatic carbocycles. The standard InChI is InChI=1S/C44H34N2O2/c1-47-37-25-21-35(22-26-37)45(33-15-5-3-6-16-33)43-39-19-11-9-13-31(39)30-42-41(43)29-32-14-10-12-20-40(32)44(42)46(34-17-7-4-8-18-34)36-23-27-38(48-2)28-24-36/h3-30H,1-2H3. The third kappa shape index (κ3) is 5.14. The molecule has 0 bridgehead atoms. The Morgan fingerprint density at radius 3 is 1.04 bits per heavy atom. The number of hydrogen-bond acceptors (Lipinski definition) is 4. The Balaban J connectivity index is 1.53. The smallest absolute Gasteiger partial charge is 0.119 e. The summed E-state index contributed by atoms with van der Waals surface area (Å²) in [6, 6.07) is 60.0. The van der Waals surface area contributed by atoms with Crippen molar-refractivity contribution in [2.75, 3.05) is 24.0 Å². The molecule has 4 nitrogen and oxygen atoms in total. The Hall–Kier alpha value is -6.26. The summed E-state index contributed by atoms with van der Waals surface area (Å²) in [5.41, 5.74) is 6.48. The number of para-hydroxylation sites is 2. The van der Waals surface area contributed by atoms with Gasteiger partial charge in [-0.2, -0.15) is 0 Å². The SMILES string of the molecule is COc1ccc(N(c2ccccc2)c2c3ccccc3cc3c(N(c4ccccc4)c4ccc(OC)cc4)c4ccccc4cc23)cc1. The lowest BCUT2D eigenvalue weighted by Crippen LogP contribution is -2.13. The monoisotopic (exact) mass is 622 g/mol. The van der Waals surface area contributed by atoms with Crippen molar-refractivity contribution >= 4 is 66.4 Å². The summed E-state index contributed by atoms with van der Waals surface area (Å²) >= 11 is 0. The molecule has 0 spiro atoms. The highest BCUT2D eigenvalue weighted by atomic mass is 16.5. The van der Waals surface area contributed by atoms with Gasteiger partial charge < -0.3 is 19.3 Å². The molecule has 48 heavy (non-hydrogen) atoms. The van der Waals surface area contributed by atoms with E-state index in [1.165, 1.54) is 10.8 Å². The number of ether oxygens (including phenoxy) is 2. The Bertz CT molecular complexity index is 2180. The van der Waals surface area contributed by atoms with E-state index in [4.69, 9.17) is 9.47 Å². The van der Waals surface area contributed by atoms with Gasteiger partial charge in [0.1, 0.15) is 11.5 Å². The molecule has 0 unspecified atom stereocenters. The molecule has 0 heterocycles. The van der Waals surface area contributed by atoms with Crippen LogP contribution in [0.15, 0.2) is 170 Å². The van der Waals surface area contributed by atoms with E-state index >= 15 is 0 Å². The summed E-state index contributed by atoms with van der Waals surface area (Å²) in [4.78, 5) is 4.76. The van der Waals surface area contributed by atoms with Gasteiger partial charge in [-0.3, -0.25) is 0 Å². The van der Waals surface area contributed by atoms with Gasteiger partial charge >= 0.3 is 0 Å². The molecule has 0 atom stereocenters. The minimum atomic E-state index is 0.820. The zero-order chi connectivity index (χ0) is 32.5. The first-order valence-electron chi connectivity index (χ1n) is 16.1. The number of hydrogen-bond donors (Lipinski definition) is 0. The van der Waals surface area contributed by atoms with Gasteiger partial charge in [0.15, 0.2) is 0 Å². The molecule has 0 aliphatic carbocycles. The molecule has 8 rings (SSSR count). The van der Waals surface area contributed by atoms with Gasteiger partial charge in [-0.15, -0.1) is 0 Å². The minimum absolute atomic E-state index is 0.820. The summed E-state index contributed by atoms with van der Waals surface area (Å²) in [5, 5.41) is 6.96. The second kappa shape index (κ2) is 12.5. The average Bonchev–Trinajstić information content (AvgIpc) is 3.16. The van der Waals surface area contributed by atoms with Gasteiger partial charge in [0.05, 0.1) is 25.6 Å². The highest BCUT2D eigenvalue weighted by molar-refractivity contribution is 6.23. The van der Waals surface area contributed by atoms with Crippen LogP contribution in [0.4, 0.5) is 34.1 Å². The van der Waals surface area contributed by atoms with Gasteiger partial charge in [0, 0.05) is 44.3 Å². The Morgan fingerprint density at radius 2 is 0.667 bits per heavy atom. The van der Waals surface area contributed by atoms with Crippen LogP contribution in [-0.2, 0) is 0 Å². The summed E-state index contributed by atoms with van der Waals surface area (Å²) in [6.45, 7) is 0. The summed E-state index contributed by atoms with van der Waals surface area (Å²) in [6.07, 6.45) is 0. The number of benzene rings is 8. The van der Waals surface area contributed by atoms with E-state index in [2.05, 4.69) is 155 Å². The van der Waals surface area contributed by atoms with E-state index in [9.17, 15) is 0 Å². The molecule has 0 saturated carbocycles. The number of rotatable bonds is 8. The molecule has 0 fully saturated rings. The highest BCUT2D eigenvalue weighted by Gasteiger charge is 2.24. The molecule has 0 N–H and O–H groups in total. The fourth-order valence-electron chi connectivity index (χ4n) is 6.74. The highest BCUT2D eigenvalue weighted by Crippen LogP contribution is 2.50. The third-order valence-corrected chi connectivity index (χ3v) is 8.97. The number of anilines is 6. The lowest BCUT2D eigenvalue weighted by atomic mass is 9.93. The van der Waals surface area contributed by atoms with E-state index < -0.39 is 0 Å². The van der Waals surface area contributed by atoms with Crippen molar-refractivity contribution < 1.29 is 9.47 Å². The number of nitrogens with zero attached hydrogens (tertiary/aromatic N) is 2. The third-order valence-electron chi connectivity index (χ3n) is 8.97. The normalized spacial score (nSPS) is 11.1. The van der Waals surface area contributed by atoms with E-state index in [1.54, 1.807) is 14.2 Å². The van der Waals surface area contributed by atoms with Crippen molar-refractivity contribution in [2.24, 2.45) is 0 Å². The fraction of sp³-hybridized carbons (Fsp3) is 0.0455. The molecule has 0 radical (unpaired) electrons. The van der Waals surface area contributed by atoms with Gasteiger partial charge in [0.25, 0.3) is 0 Å². The fourth-order valence-corrected chi connectivity index (χ4v) is 6.74. The molecule has 0 aromatic heterocycles. The van der Waals surface area contributed by atoms with Gasteiger partial charge in [0.2, 0.25) is 0 Å². The summed E-state index contributed by atoms with van der Waals surface area (Å²) in [7, 11) is 3.41. The van der Waals surface area contributed by atoms with Crippen LogP contribution in [0, 0.1) is 0 Å². The minimum Gasteiger partial charge on any atom is -0.497 e. The maximum absolute atomic E-state index is 5.56. The molecule has 0 saturated heterocycles. The molecular formula is C44H34N2O2. The topological polar surface area (TPSA) is 24.9 Å². The largest absolute Gasteiger partial charge is 0.497 e. The van der Waals surface area contributed by atoms with Crippen molar-refractivity contribution in [3.05, 3.63) is 170 Å².